The monoisotopic (exact) mass is 295 g/mol. The lowest BCUT2D eigenvalue weighted by atomic mass is 9.92. The minimum absolute atomic E-state index is 0.400. The van der Waals surface area contributed by atoms with Crippen LogP contribution in [-0.2, 0) is 4.74 Å². The van der Waals surface area contributed by atoms with Gasteiger partial charge in [0.1, 0.15) is 0 Å². The summed E-state index contributed by atoms with van der Waals surface area (Å²) in [5.74, 6) is 0.482. The van der Waals surface area contributed by atoms with Gasteiger partial charge >= 0.3 is 0 Å². The van der Waals surface area contributed by atoms with Crippen molar-refractivity contribution < 1.29 is 4.74 Å². The Kier molecular flexibility index (Phi) is 6.34. The van der Waals surface area contributed by atoms with E-state index in [9.17, 15) is 0 Å². The van der Waals surface area contributed by atoms with Gasteiger partial charge in [-0.05, 0) is 62.8 Å². The molecule has 3 unspecified atom stereocenters. The third-order valence-electron chi connectivity index (χ3n) is 4.00. The van der Waals surface area contributed by atoms with Crippen LogP contribution < -0.4 is 5.32 Å². The van der Waals surface area contributed by atoms with Crippen molar-refractivity contribution in [3.05, 3.63) is 34.9 Å². The van der Waals surface area contributed by atoms with Gasteiger partial charge in [-0.1, -0.05) is 30.7 Å². The smallest absolute Gasteiger partial charge is 0.0586 e. The summed E-state index contributed by atoms with van der Waals surface area (Å²) < 4.78 is 5.99. The van der Waals surface area contributed by atoms with Crippen molar-refractivity contribution in [2.24, 2.45) is 0 Å². The molecule has 2 nitrogen and oxygen atoms in total. The second-order valence-electron chi connectivity index (χ2n) is 5.84. The highest BCUT2D eigenvalue weighted by Crippen LogP contribution is 2.30. The number of nitrogens with one attached hydrogen (secondary N) is 1. The molecule has 3 heteroatoms. The molecule has 0 saturated carbocycles. The van der Waals surface area contributed by atoms with E-state index in [1.807, 2.05) is 12.1 Å². The van der Waals surface area contributed by atoms with Crippen LogP contribution in [0.1, 0.15) is 51.0 Å². The third-order valence-corrected chi connectivity index (χ3v) is 4.24. The number of benzene rings is 1. The molecule has 112 valence electrons. The number of ether oxygens (including phenoxy) is 1. The molecule has 1 aromatic rings. The van der Waals surface area contributed by atoms with E-state index < -0.39 is 0 Å². The molecular formula is C17H26ClNO. The molecule has 20 heavy (non-hydrogen) atoms. The highest BCUT2D eigenvalue weighted by atomic mass is 35.5. The number of hydrogen-bond acceptors (Lipinski definition) is 2. The summed E-state index contributed by atoms with van der Waals surface area (Å²) in [5, 5.41) is 4.36. The molecule has 1 aromatic carbocycles. The SMILES string of the molecule is CCCNCC(CC1CCC(C)O1)c1cccc(Cl)c1. The maximum Gasteiger partial charge on any atom is 0.0586 e. The summed E-state index contributed by atoms with van der Waals surface area (Å²) in [6, 6.07) is 8.26. The zero-order valence-electron chi connectivity index (χ0n) is 12.6. The molecule has 0 aromatic heterocycles. The Morgan fingerprint density at radius 1 is 1.40 bits per heavy atom. The van der Waals surface area contributed by atoms with Gasteiger partial charge in [0, 0.05) is 11.6 Å². The maximum atomic E-state index is 6.14. The Morgan fingerprint density at radius 2 is 2.25 bits per heavy atom. The summed E-state index contributed by atoms with van der Waals surface area (Å²) in [4.78, 5) is 0. The van der Waals surface area contributed by atoms with Gasteiger partial charge in [-0.15, -0.1) is 0 Å². The molecule has 0 aliphatic carbocycles. The molecule has 3 atom stereocenters. The van der Waals surface area contributed by atoms with E-state index in [0.29, 0.717) is 18.1 Å². The van der Waals surface area contributed by atoms with Gasteiger partial charge in [0.05, 0.1) is 12.2 Å². The largest absolute Gasteiger partial charge is 0.375 e. The molecule has 1 fully saturated rings. The van der Waals surface area contributed by atoms with Crippen molar-refractivity contribution in [2.75, 3.05) is 13.1 Å². The first-order valence-corrected chi connectivity index (χ1v) is 8.18. The Hall–Kier alpha value is -0.570. The van der Waals surface area contributed by atoms with E-state index in [0.717, 1.165) is 24.5 Å². The lowest BCUT2D eigenvalue weighted by molar-refractivity contribution is 0.0466. The van der Waals surface area contributed by atoms with Crippen LogP contribution >= 0.6 is 11.6 Å². The number of hydrogen-bond donors (Lipinski definition) is 1. The lowest BCUT2D eigenvalue weighted by Crippen LogP contribution is -2.25. The highest BCUT2D eigenvalue weighted by molar-refractivity contribution is 6.30. The summed E-state index contributed by atoms with van der Waals surface area (Å²) in [5.41, 5.74) is 1.32. The first-order valence-electron chi connectivity index (χ1n) is 7.80. The van der Waals surface area contributed by atoms with Gasteiger partial charge in [0.25, 0.3) is 0 Å². The Balaban J connectivity index is 2.00. The van der Waals surface area contributed by atoms with Crippen LogP contribution in [0.3, 0.4) is 0 Å². The minimum Gasteiger partial charge on any atom is -0.375 e. The van der Waals surface area contributed by atoms with Crippen LogP contribution in [0.25, 0.3) is 0 Å². The molecule has 1 heterocycles. The average Bonchev–Trinajstić information content (AvgIpc) is 2.83. The molecule has 1 saturated heterocycles. The standard InChI is InChI=1S/C17H26ClNO/c1-3-9-19-12-15(11-17-8-7-13(2)20-17)14-5-4-6-16(18)10-14/h4-6,10,13,15,17,19H,3,7-9,11-12H2,1-2H3. The topological polar surface area (TPSA) is 21.3 Å². The second kappa shape index (κ2) is 8.02. The van der Waals surface area contributed by atoms with Gasteiger partial charge in [-0.2, -0.15) is 0 Å². The average molecular weight is 296 g/mol. The van der Waals surface area contributed by atoms with Crippen LogP contribution in [0.4, 0.5) is 0 Å². The van der Waals surface area contributed by atoms with Gasteiger partial charge in [0.2, 0.25) is 0 Å². The highest BCUT2D eigenvalue weighted by Gasteiger charge is 2.25. The van der Waals surface area contributed by atoms with E-state index in [-0.39, 0.29) is 0 Å². The molecule has 0 radical (unpaired) electrons. The summed E-state index contributed by atoms with van der Waals surface area (Å²) in [6.45, 7) is 6.44. The van der Waals surface area contributed by atoms with Gasteiger partial charge in [0.15, 0.2) is 0 Å². The molecule has 0 bridgehead atoms. The lowest BCUT2D eigenvalue weighted by Gasteiger charge is -2.22. The molecule has 0 amide bonds. The molecule has 1 aliphatic rings. The predicted octanol–water partition coefficient (Wildman–Crippen LogP) is 4.38. The molecule has 2 rings (SSSR count). The molecule has 0 spiro atoms. The van der Waals surface area contributed by atoms with Crippen LogP contribution in [-0.4, -0.2) is 25.3 Å². The summed E-state index contributed by atoms with van der Waals surface area (Å²) in [6.07, 6.45) is 5.45. The van der Waals surface area contributed by atoms with Crippen LogP contribution in [0.15, 0.2) is 24.3 Å². The summed E-state index contributed by atoms with van der Waals surface area (Å²) >= 11 is 6.14. The van der Waals surface area contributed by atoms with Crippen molar-refractivity contribution in [3.63, 3.8) is 0 Å². The first kappa shape index (κ1) is 15.8. The first-order chi connectivity index (χ1) is 9.69. The van der Waals surface area contributed by atoms with Crippen LogP contribution in [0, 0.1) is 0 Å². The van der Waals surface area contributed by atoms with E-state index in [1.165, 1.54) is 24.8 Å². The quantitative estimate of drug-likeness (QED) is 0.754. The Bertz CT molecular complexity index is 410. The van der Waals surface area contributed by atoms with Gasteiger partial charge < -0.3 is 10.1 Å². The third kappa shape index (κ3) is 4.76. The molecule has 1 N–H and O–H groups in total. The summed E-state index contributed by atoms with van der Waals surface area (Å²) in [7, 11) is 0. The molecule has 1 aliphatic heterocycles. The van der Waals surface area contributed by atoms with Crippen molar-refractivity contribution >= 4 is 11.6 Å². The zero-order chi connectivity index (χ0) is 14.4. The van der Waals surface area contributed by atoms with Crippen LogP contribution in [0.5, 0.6) is 0 Å². The zero-order valence-corrected chi connectivity index (χ0v) is 13.3. The van der Waals surface area contributed by atoms with Crippen molar-refractivity contribution in [1.29, 1.82) is 0 Å². The van der Waals surface area contributed by atoms with E-state index >= 15 is 0 Å². The van der Waals surface area contributed by atoms with Crippen molar-refractivity contribution in [1.82, 2.24) is 5.32 Å². The van der Waals surface area contributed by atoms with Crippen molar-refractivity contribution in [3.8, 4) is 0 Å². The van der Waals surface area contributed by atoms with E-state index in [4.69, 9.17) is 16.3 Å². The fourth-order valence-corrected chi connectivity index (χ4v) is 3.13. The molecular weight excluding hydrogens is 270 g/mol. The fourth-order valence-electron chi connectivity index (χ4n) is 2.93. The van der Waals surface area contributed by atoms with E-state index in [2.05, 4.69) is 31.3 Å². The van der Waals surface area contributed by atoms with E-state index in [1.54, 1.807) is 0 Å². The van der Waals surface area contributed by atoms with Crippen LogP contribution in [0.2, 0.25) is 5.02 Å². The normalized spacial score (nSPS) is 23.9. The minimum atomic E-state index is 0.400. The van der Waals surface area contributed by atoms with Gasteiger partial charge in [-0.25, -0.2) is 0 Å². The maximum absolute atomic E-state index is 6.14. The van der Waals surface area contributed by atoms with Gasteiger partial charge in [-0.3, -0.25) is 0 Å². The Labute approximate surface area is 127 Å². The Morgan fingerprint density at radius 3 is 2.90 bits per heavy atom. The number of halogens is 1. The van der Waals surface area contributed by atoms with Crippen molar-refractivity contribution in [2.45, 2.75) is 57.7 Å². The predicted molar refractivity (Wildman–Crippen MR) is 85.5 cm³/mol. The fraction of sp³-hybridized carbons (Fsp3) is 0.647. The second-order valence-corrected chi connectivity index (χ2v) is 6.27. The number of rotatable bonds is 7.